The molecule has 8 nitrogen and oxygen atoms in total. The van der Waals surface area contributed by atoms with Gasteiger partial charge in [0.1, 0.15) is 5.82 Å². The number of aromatic nitrogens is 4. The summed E-state index contributed by atoms with van der Waals surface area (Å²) in [5.74, 6) is 0.768. The second kappa shape index (κ2) is 8.94. The maximum absolute atomic E-state index is 13.0. The van der Waals surface area contributed by atoms with E-state index in [0.717, 1.165) is 11.4 Å². The molecule has 2 aromatic heterocycles. The van der Waals surface area contributed by atoms with Gasteiger partial charge in [0.05, 0.1) is 12.2 Å². The van der Waals surface area contributed by atoms with Crippen LogP contribution in [0.4, 0.5) is 0 Å². The van der Waals surface area contributed by atoms with Crippen LogP contribution in [-0.2, 0) is 17.9 Å². The fraction of sp³-hybridized carbons (Fsp3) is 0.364. The van der Waals surface area contributed by atoms with Crippen molar-refractivity contribution in [2.45, 2.75) is 26.4 Å². The Balaban J connectivity index is 1.31. The molecule has 3 heterocycles. The van der Waals surface area contributed by atoms with Crippen molar-refractivity contribution >= 4 is 11.8 Å². The standard InChI is InChI=1S/C22H26N6O2/c1-17-24-8-12-27(17)14-18-3-2-4-19(13-18)22(30)28-9-5-20(15-28)21(29)25-7-11-26-10-6-23-16-26/h2-4,6,8,10,12-13,16,20H,5,7,9,11,14-15H2,1H3,(H,25,29). The molecule has 1 aromatic carbocycles. The van der Waals surface area contributed by atoms with E-state index < -0.39 is 0 Å². The van der Waals surface area contributed by atoms with E-state index >= 15 is 0 Å². The van der Waals surface area contributed by atoms with E-state index in [9.17, 15) is 9.59 Å². The molecule has 30 heavy (non-hydrogen) atoms. The van der Waals surface area contributed by atoms with E-state index in [1.54, 1.807) is 23.6 Å². The van der Waals surface area contributed by atoms with Crippen molar-refractivity contribution in [2.75, 3.05) is 19.6 Å². The van der Waals surface area contributed by atoms with E-state index in [-0.39, 0.29) is 17.7 Å². The zero-order valence-electron chi connectivity index (χ0n) is 17.1. The maximum Gasteiger partial charge on any atom is 0.253 e. The van der Waals surface area contributed by atoms with E-state index in [0.29, 0.717) is 44.7 Å². The number of nitrogens with zero attached hydrogens (tertiary/aromatic N) is 5. The molecule has 1 atom stereocenters. The van der Waals surface area contributed by atoms with Crippen molar-refractivity contribution in [3.05, 3.63) is 72.3 Å². The van der Waals surface area contributed by atoms with E-state index in [1.165, 1.54) is 0 Å². The zero-order chi connectivity index (χ0) is 20.9. The van der Waals surface area contributed by atoms with Gasteiger partial charge in [0.15, 0.2) is 0 Å². The molecule has 4 rings (SSSR count). The van der Waals surface area contributed by atoms with Crippen LogP contribution in [0.2, 0.25) is 0 Å². The molecule has 156 valence electrons. The topological polar surface area (TPSA) is 85.0 Å². The zero-order valence-corrected chi connectivity index (χ0v) is 17.1. The number of carbonyl (C=O) groups is 2. The average Bonchev–Trinajstić information content (AvgIpc) is 3.51. The first-order chi connectivity index (χ1) is 14.6. The first-order valence-corrected chi connectivity index (χ1v) is 10.2. The average molecular weight is 406 g/mol. The minimum Gasteiger partial charge on any atom is -0.354 e. The van der Waals surface area contributed by atoms with Gasteiger partial charge in [0.25, 0.3) is 5.91 Å². The molecule has 0 spiro atoms. The molecule has 8 heteroatoms. The van der Waals surface area contributed by atoms with Crippen LogP contribution in [0.1, 0.15) is 28.2 Å². The Bertz CT molecular complexity index is 1010. The number of amides is 2. The second-order valence-corrected chi connectivity index (χ2v) is 7.63. The lowest BCUT2D eigenvalue weighted by Crippen LogP contribution is -2.36. The van der Waals surface area contributed by atoms with E-state index in [4.69, 9.17) is 0 Å². The molecule has 0 radical (unpaired) electrons. The highest BCUT2D eigenvalue weighted by atomic mass is 16.2. The van der Waals surface area contributed by atoms with Crippen molar-refractivity contribution in [3.63, 3.8) is 0 Å². The molecule has 1 aliphatic rings. The van der Waals surface area contributed by atoms with Gasteiger partial charge in [-0.2, -0.15) is 0 Å². The number of likely N-dealkylation sites (tertiary alicyclic amines) is 1. The molecule has 0 aliphatic carbocycles. The Morgan fingerprint density at radius 1 is 1.23 bits per heavy atom. The van der Waals surface area contributed by atoms with Gasteiger partial charge in [-0.05, 0) is 31.0 Å². The highest BCUT2D eigenvalue weighted by molar-refractivity contribution is 5.95. The van der Waals surface area contributed by atoms with Crippen LogP contribution in [0.5, 0.6) is 0 Å². The summed E-state index contributed by atoms with van der Waals surface area (Å²) in [4.78, 5) is 35.4. The lowest BCUT2D eigenvalue weighted by atomic mass is 10.1. The highest BCUT2D eigenvalue weighted by Crippen LogP contribution is 2.20. The normalized spacial score (nSPS) is 16.0. The predicted octanol–water partition coefficient (Wildman–Crippen LogP) is 1.71. The molecular weight excluding hydrogens is 380 g/mol. The molecule has 3 aromatic rings. The fourth-order valence-corrected chi connectivity index (χ4v) is 3.78. The van der Waals surface area contributed by atoms with Crippen LogP contribution in [0.25, 0.3) is 0 Å². The van der Waals surface area contributed by atoms with Crippen LogP contribution in [-0.4, -0.2) is 55.5 Å². The first-order valence-electron chi connectivity index (χ1n) is 10.2. The molecule has 1 fully saturated rings. The van der Waals surface area contributed by atoms with Crippen LogP contribution in [0.3, 0.4) is 0 Å². The molecule has 0 bridgehead atoms. The van der Waals surface area contributed by atoms with Gasteiger partial charge in [0, 0.05) is 63.1 Å². The van der Waals surface area contributed by atoms with Crippen molar-refractivity contribution in [1.29, 1.82) is 0 Å². The predicted molar refractivity (Wildman–Crippen MR) is 112 cm³/mol. The Labute approximate surface area is 175 Å². The van der Waals surface area contributed by atoms with E-state index in [2.05, 4.69) is 15.3 Å². The Morgan fingerprint density at radius 2 is 2.13 bits per heavy atom. The van der Waals surface area contributed by atoms with Gasteiger partial charge in [-0.1, -0.05) is 12.1 Å². The van der Waals surface area contributed by atoms with Crippen molar-refractivity contribution in [3.8, 4) is 0 Å². The van der Waals surface area contributed by atoms with Gasteiger partial charge < -0.3 is 19.4 Å². The second-order valence-electron chi connectivity index (χ2n) is 7.63. The lowest BCUT2D eigenvalue weighted by molar-refractivity contribution is -0.124. The van der Waals surface area contributed by atoms with Gasteiger partial charge in [-0.15, -0.1) is 0 Å². The molecule has 0 saturated carbocycles. The summed E-state index contributed by atoms with van der Waals surface area (Å²) in [6.07, 6.45) is 9.70. The number of carbonyl (C=O) groups excluding carboxylic acids is 2. The van der Waals surface area contributed by atoms with Gasteiger partial charge in [0.2, 0.25) is 5.91 Å². The van der Waals surface area contributed by atoms with Crippen molar-refractivity contribution in [1.82, 2.24) is 29.3 Å². The number of imidazole rings is 2. The van der Waals surface area contributed by atoms with Crippen LogP contribution in [0.15, 0.2) is 55.4 Å². The monoisotopic (exact) mass is 406 g/mol. The number of hydrogen-bond donors (Lipinski definition) is 1. The van der Waals surface area contributed by atoms with Gasteiger partial charge >= 0.3 is 0 Å². The quantitative estimate of drug-likeness (QED) is 0.647. The minimum atomic E-state index is -0.159. The molecule has 1 saturated heterocycles. The van der Waals surface area contributed by atoms with Crippen molar-refractivity contribution < 1.29 is 9.59 Å². The summed E-state index contributed by atoms with van der Waals surface area (Å²) in [6.45, 7) is 4.93. The lowest BCUT2D eigenvalue weighted by Gasteiger charge is -2.17. The number of hydrogen-bond acceptors (Lipinski definition) is 4. The van der Waals surface area contributed by atoms with Gasteiger partial charge in [-0.25, -0.2) is 9.97 Å². The maximum atomic E-state index is 13.0. The SMILES string of the molecule is Cc1nccn1Cc1cccc(C(=O)N2CCC(C(=O)NCCn3ccnc3)C2)c1. The minimum absolute atomic E-state index is 0.00903. The summed E-state index contributed by atoms with van der Waals surface area (Å²) in [6, 6.07) is 7.69. The Hall–Kier alpha value is -3.42. The number of nitrogens with one attached hydrogen (secondary N) is 1. The third-order valence-electron chi connectivity index (χ3n) is 5.53. The molecular formula is C22H26N6O2. The molecule has 1 aliphatic heterocycles. The third kappa shape index (κ3) is 4.59. The molecule has 1 N–H and O–H groups in total. The smallest absolute Gasteiger partial charge is 0.253 e. The van der Waals surface area contributed by atoms with E-state index in [1.807, 2.05) is 52.7 Å². The number of aryl methyl sites for hydroxylation is 1. The fourth-order valence-electron chi connectivity index (χ4n) is 3.78. The van der Waals surface area contributed by atoms with Crippen LogP contribution < -0.4 is 5.32 Å². The van der Waals surface area contributed by atoms with Crippen molar-refractivity contribution in [2.24, 2.45) is 5.92 Å². The Morgan fingerprint density at radius 3 is 2.90 bits per heavy atom. The Kier molecular flexibility index (Phi) is 5.92. The highest BCUT2D eigenvalue weighted by Gasteiger charge is 2.31. The first kappa shape index (κ1) is 19.9. The largest absolute Gasteiger partial charge is 0.354 e. The van der Waals surface area contributed by atoms with Crippen LogP contribution >= 0.6 is 0 Å². The van der Waals surface area contributed by atoms with Crippen LogP contribution in [0, 0.1) is 12.8 Å². The summed E-state index contributed by atoms with van der Waals surface area (Å²) >= 11 is 0. The summed E-state index contributed by atoms with van der Waals surface area (Å²) in [5, 5.41) is 2.97. The summed E-state index contributed by atoms with van der Waals surface area (Å²) < 4.78 is 3.96. The summed E-state index contributed by atoms with van der Waals surface area (Å²) in [5.41, 5.74) is 1.71. The number of rotatable bonds is 7. The third-order valence-corrected chi connectivity index (χ3v) is 5.53. The molecule has 1 unspecified atom stereocenters. The van der Waals surface area contributed by atoms with Gasteiger partial charge in [-0.3, -0.25) is 9.59 Å². The summed E-state index contributed by atoms with van der Waals surface area (Å²) in [7, 11) is 0. The molecule has 2 amide bonds. The number of benzene rings is 1.